The molecule has 0 spiro atoms. The third kappa shape index (κ3) is 4.20. The van der Waals surface area contributed by atoms with Gasteiger partial charge in [0, 0.05) is 5.56 Å². The van der Waals surface area contributed by atoms with Gasteiger partial charge in [-0.25, -0.2) is 4.39 Å². The average molecular weight is 291 g/mol. The van der Waals surface area contributed by atoms with E-state index in [1.165, 1.54) is 12.1 Å². The molecular weight excluding hydrogens is 277 g/mol. The summed E-state index contributed by atoms with van der Waals surface area (Å²) in [6.07, 6.45) is 0. The molecule has 0 bridgehead atoms. The van der Waals surface area contributed by atoms with Gasteiger partial charge < -0.3 is 15.2 Å². The third-order valence-electron chi connectivity index (χ3n) is 2.55. The Hall–Kier alpha value is -2.14. The van der Waals surface area contributed by atoms with E-state index in [0.717, 1.165) is 5.56 Å². The molecule has 0 aliphatic carbocycles. The topological polar surface area (TPSA) is 44.5 Å². The number of ether oxygens (including phenoxy) is 2. The Labute approximate surface area is 122 Å². The van der Waals surface area contributed by atoms with Crippen molar-refractivity contribution in [3.63, 3.8) is 0 Å². The molecule has 5 heteroatoms. The zero-order valence-electron chi connectivity index (χ0n) is 10.7. The van der Waals surface area contributed by atoms with E-state index in [1.54, 1.807) is 18.2 Å². The minimum Gasteiger partial charge on any atom is -0.490 e. The molecule has 2 N–H and O–H groups in total. The maximum Gasteiger partial charge on any atom is 0.123 e. The summed E-state index contributed by atoms with van der Waals surface area (Å²) in [5, 5.41) is 0. The summed E-state index contributed by atoms with van der Waals surface area (Å²) < 4.78 is 23.6. The van der Waals surface area contributed by atoms with Crippen molar-refractivity contribution >= 4 is 17.2 Å². The quantitative estimate of drug-likeness (QED) is 0.656. The summed E-state index contributed by atoms with van der Waals surface area (Å²) in [4.78, 5) is 0.331. The van der Waals surface area contributed by atoms with Crippen LogP contribution in [0.3, 0.4) is 0 Å². The largest absolute Gasteiger partial charge is 0.490 e. The van der Waals surface area contributed by atoms with Gasteiger partial charge in [-0.15, -0.1) is 0 Å². The Morgan fingerprint density at radius 3 is 2.30 bits per heavy atom. The van der Waals surface area contributed by atoms with Gasteiger partial charge in [0.1, 0.15) is 35.5 Å². The second-order valence-corrected chi connectivity index (χ2v) is 4.48. The second kappa shape index (κ2) is 6.86. The number of halogens is 1. The van der Waals surface area contributed by atoms with E-state index in [-0.39, 0.29) is 5.82 Å². The van der Waals surface area contributed by atoms with Gasteiger partial charge in [0.25, 0.3) is 0 Å². The summed E-state index contributed by atoms with van der Waals surface area (Å²) in [6, 6.07) is 13.1. The molecule has 0 amide bonds. The molecule has 0 aliphatic heterocycles. The van der Waals surface area contributed by atoms with Crippen molar-refractivity contribution in [3.8, 4) is 11.5 Å². The third-order valence-corrected chi connectivity index (χ3v) is 2.79. The monoisotopic (exact) mass is 291 g/mol. The molecule has 2 aromatic rings. The summed E-state index contributed by atoms with van der Waals surface area (Å²) in [6.45, 7) is 0.737. The predicted octanol–water partition coefficient (Wildman–Crippen LogP) is 2.92. The first-order valence-electron chi connectivity index (χ1n) is 6.06. The van der Waals surface area contributed by atoms with E-state index < -0.39 is 0 Å². The molecule has 0 heterocycles. The molecular formula is C15H14FNO2S. The Kier molecular flexibility index (Phi) is 4.90. The second-order valence-electron chi connectivity index (χ2n) is 4.04. The fraction of sp³-hybridized carbons (Fsp3) is 0.133. The lowest BCUT2D eigenvalue weighted by Gasteiger charge is -2.09. The van der Waals surface area contributed by atoms with Crippen LogP contribution in [0.2, 0.25) is 0 Å². The first kappa shape index (κ1) is 14.3. The van der Waals surface area contributed by atoms with Crippen molar-refractivity contribution in [3.05, 3.63) is 59.9 Å². The Bertz CT molecular complexity index is 587. The van der Waals surface area contributed by atoms with Gasteiger partial charge >= 0.3 is 0 Å². The lowest BCUT2D eigenvalue weighted by atomic mass is 10.2. The number of rotatable bonds is 6. The Morgan fingerprint density at radius 1 is 1.00 bits per heavy atom. The standard InChI is InChI=1S/C15H14FNO2S/c16-12-4-6-13(7-5-12)18-8-9-19-14-3-1-2-11(10-14)15(17)20/h1-7,10H,8-9H2,(H2,17,20). The van der Waals surface area contributed by atoms with E-state index in [4.69, 9.17) is 27.4 Å². The smallest absolute Gasteiger partial charge is 0.123 e. The summed E-state index contributed by atoms with van der Waals surface area (Å²) in [7, 11) is 0. The van der Waals surface area contributed by atoms with Crippen LogP contribution in [-0.4, -0.2) is 18.2 Å². The summed E-state index contributed by atoms with van der Waals surface area (Å²) in [5.74, 6) is 0.994. The zero-order chi connectivity index (χ0) is 14.4. The minimum atomic E-state index is -0.289. The number of nitrogens with two attached hydrogens (primary N) is 1. The average Bonchev–Trinajstić information content (AvgIpc) is 2.46. The first-order valence-corrected chi connectivity index (χ1v) is 6.47. The highest BCUT2D eigenvalue weighted by Gasteiger charge is 2.00. The minimum absolute atomic E-state index is 0.289. The van der Waals surface area contributed by atoms with Crippen LogP contribution in [0.15, 0.2) is 48.5 Å². The molecule has 3 nitrogen and oxygen atoms in total. The molecule has 0 aliphatic rings. The highest BCUT2D eigenvalue weighted by Crippen LogP contribution is 2.14. The molecule has 0 radical (unpaired) electrons. The number of thiocarbonyl (C=S) groups is 1. The van der Waals surface area contributed by atoms with Crippen molar-refractivity contribution in [1.82, 2.24) is 0 Å². The van der Waals surface area contributed by atoms with Crippen LogP contribution in [0.4, 0.5) is 4.39 Å². The molecule has 0 aromatic heterocycles. The maximum absolute atomic E-state index is 12.7. The number of hydrogen-bond acceptors (Lipinski definition) is 3. The van der Waals surface area contributed by atoms with Crippen molar-refractivity contribution in [1.29, 1.82) is 0 Å². The van der Waals surface area contributed by atoms with Crippen molar-refractivity contribution in [2.45, 2.75) is 0 Å². The van der Waals surface area contributed by atoms with E-state index >= 15 is 0 Å². The molecule has 104 valence electrons. The highest BCUT2D eigenvalue weighted by molar-refractivity contribution is 7.80. The van der Waals surface area contributed by atoms with Crippen LogP contribution in [0.5, 0.6) is 11.5 Å². The van der Waals surface area contributed by atoms with Crippen LogP contribution in [0.25, 0.3) is 0 Å². The van der Waals surface area contributed by atoms with Gasteiger partial charge in [0.15, 0.2) is 0 Å². The predicted molar refractivity (Wildman–Crippen MR) is 79.7 cm³/mol. The fourth-order valence-corrected chi connectivity index (χ4v) is 1.72. The van der Waals surface area contributed by atoms with E-state index in [0.29, 0.717) is 29.7 Å². The van der Waals surface area contributed by atoms with Crippen LogP contribution < -0.4 is 15.2 Å². The van der Waals surface area contributed by atoms with E-state index in [2.05, 4.69) is 0 Å². The molecule has 20 heavy (non-hydrogen) atoms. The Morgan fingerprint density at radius 2 is 1.65 bits per heavy atom. The van der Waals surface area contributed by atoms with Crippen molar-refractivity contribution in [2.24, 2.45) is 5.73 Å². The van der Waals surface area contributed by atoms with Gasteiger partial charge in [0.2, 0.25) is 0 Å². The summed E-state index contributed by atoms with van der Waals surface area (Å²) >= 11 is 4.90. The SMILES string of the molecule is NC(=S)c1cccc(OCCOc2ccc(F)cc2)c1. The molecule has 0 saturated carbocycles. The molecule has 0 fully saturated rings. The molecule has 0 unspecified atom stereocenters. The summed E-state index contributed by atoms with van der Waals surface area (Å²) in [5.41, 5.74) is 6.31. The van der Waals surface area contributed by atoms with Gasteiger partial charge in [-0.05, 0) is 36.4 Å². The van der Waals surface area contributed by atoms with Gasteiger partial charge in [-0.1, -0.05) is 24.4 Å². The van der Waals surface area contributed by atoms with Crippen molar-refractivity contribution in [2.75, 3.05) is 13.2 Å². The fourth-order valence-electron chi connectivity index (χ4n) is 1.59. The van der Waals surface area contributed by atoms with Crippen LogP contribution in [-0.2, 0) is 0 Å². The molecule has 0 saturated heterocycles. The molecule has 2 rings (SSSR count). The van der Waals surface area contributed by atoms with Gasteiger partial charge in [-0.3, -0.25) is 0 Å². The lowest BCUT2D eigenvalue weighted by Crippen LogP contribution is -2.11. The van der Waals surface area contributed by atoms with Gasteiger partial charge in [0.05, 0.1) is 0 Å². The van der Waals surface area contributed by atoms with Crippen LogP contribution >= 0.6 is 12.2 Å². The van der Waals surface area contributed by atoms with Gasteiger partial charge in [-0.2, -0.15) is 0 Å². The normalized spacial score (nSPS) is 10.1. The van der Waals surface area contributed by atoms with E-state index in [1.807, 2.05) is 18.2 Å². The highest BCUT2D eigenvalue weighted by atomic mass is 32.1. The lowest BCUT2D eigenvalue weighted by molar-refractivity contribution is 0.217. The van der Waals surface area contributed by atoms with Crippen LogP contribution in [0.1, 0.15) is 5.56 Å². The van der Waals surface area contributed by atoms with Crippen LogP contribution in [0, 0.1) is 5.82 Å². The first-order chi connectivity index (χ1) is 9.65. The maximum atomic E-state index is 12.7. The number of hydrogen-bond donors (Lipinski definition) is 1. The van der Waals surface area contributed by atoms with Crippen molar-refractivity contribution < 1.29 is 13.9 Å². The molecule has 0 atom stereocenters. The number of benzene rings is 2. The van der Waals surface area contributed by atoms with E-state index in [9.17, 15) is 4.39 Å². The molecule has 2 aromatic carbocycles. The zero-order valence-corrected chi connectivity index (χ0v) is 11.5. The Balaban J connectivity index is 1.79.